The molecule has 1 aromatic rings. The van der Waals surface area contributed by atoms with Crippen molar-refractivity contribution in [1.29, 1.82) is 0 Å². The van der Waals surface area contributed by atoms with Gasteiger partial charge in [-0.25, -0.2) is 17.2 Å². The summed E-state index contributed by atoms with van der Waals surface area (Å²) in [5.74, 6) is -3.68. The second-order valence-corrected chi connectivity index (χ2v) is 6.65. The molecule has 0 saturated carbocycles. The second kappa shape index (κ2) is 7.25. The number of carboxylic acid groups (broad SMARTS) is 1. The Bertz CT molecular complexity index is 614. The molecule has 0 aliphatic heterocycles. The molecule has 0 spiro atoms. The van der Waals surface area contributed by atoms with Gasteiger partial charge in [-0.15, -0.1) is 0 Å². The van der Waals surface area contributed by atoms with Gasteiger partial charge in [-0.2, -0.15) is 4.31 Å². The van der Waals surface area contributed by atoms with Gasteiger partial charge in [0.15, 0.2) is 0 Å². The van der Waals surface area contributed by atoms with Crippen molar-refractivity contribution in [1.82, 2.24) is 4.31 Å². The van der Waals surface area contributed by atoms with E-state index in [1.807, 2.05) is 0 Å². The largest absolute Gasteiger partial charge is 0.480 e. The molecule has 0 heterocycles. The lowest BCUT2D eigenvalue weighted by Gasteiger charge is -2.21. The zero-order chi connectivity index (χ0) is 16.2. The van der Waals surface area contributed by atoms with Crippen LogP contribution in [0.25, 0.3) is 0 Å². The van der Waals surface area contributed by atoms with E-state index in [-0.39, 0.29) is 17.6 Å². The fourth-order valence-corrected chi connectivity index (χ4v) is 4.02. The number of methoxy groups -OCH3 is 1. The zero-order valence-corrected chi connectivity index (χ0v) is 13.2. The van der Waals surface area contributed by atoms with E-state index in [9.17, 15) is 22.0 Å². The molecule has 1 N–H and O–H groups in total. The minimum atomic E-state index is -4.46. The molecule has 0 radical (unpaired) electrons. The first-order chi connectivity index (χ1) is 9.70. The Labute approximate surface area is 128 Å². The number of nitrogens with zero attached hydrogens (tertiary/aromatic N) is 1. The van der Waals surface area contributed by atoms with Crippen LogP contribution in [0.15, 0.2) is 21.5 Å². The van der Waals surface area contributed by atoms with Gasteiger partial charge in [0.2, 0.25) is 10.0 Å². The van der Waals surface area contributed by atoms with Crippen LogP contribution < -0.4 is 0 Å². The van der Waals surface area contributed by atoms with Crippen molar-refractivity contribution in [2.45, 2.75) is 4.90 Å². The molecule has 1 aromatic carbocycles. The predicted octanol–water partition coefficient (Wildman–Crippen LogP) is 1.45. The second-order valence-electron chi connectivity index (χ2n) is 3.92. The summed E-state index contributed by atoms with van der Waals surface area (Å²) in [4.78, 5) is 9.94. The van der Waals surface area contributed by atoms with Gasteiger partial charge in [0.25, 0.3) is 0 Å². The van der Waals surface area contributed by atoms with Crippen LogP contribution in [0, 0.1) is 11.6 Å². The summed E-state index contributed by atoms with van der Waals surface area (Å²) in [7, 11) is -3.16. The van der Waals surface area contributed by atoms with E-state index in [0.29, 0.717) is 10.4 Å². The molecule has 0 atom stereocenters. The minimum Gasteiger partial charge on any atom is -0.480 e. The van der Waals surface area contributed by atoms with Crippen LogP contribution in [0.5, 0.6) is 0 Å². The Morgan fingerprint density at radius 3 is 2.52 bits per heavy atom. The number of carboxylic acids is 1. The van der Waals surface area contributed by atoms with Crippen LogP contribution in [0.3, 0.4) is 0 Å². The Kier molecular flexibility index (Phi) is 6.20. The number of hydrogen-bond acceptors (Lipinski definition) is 4. The van der Waals surface area contributed by atoms with E-state index in [1.54, 1.807) is 0 Å². The lowest BCUT2D eigenvalue weighted by atomic mass is 10.3. The highest BCUT2D eigenvalue weighted by Gasteiger charge is 2.31. The Balaban J connectivity index is 3.31. The van der Waals surface area contributed by atoms with E-state index in [2.05, 4.69) is 15.9 Å². The van der Waals surface area contributed by atoms with E-state index in [4.69, 9.17) is 9.84 Å². The molecule has 10 heteroatoms. The molecule has 0 amide bonds. The van der Waals surface area contributed by atoms with E-state index < -0.39 is 39.1 Å². The average molecular weight is 388 g/mol. The first kappa shape index (κ1) is 18.0. The number of ether oxygens (including phenoxy) is 1. The average Bonchev–Trinajstić information content (AvgIpc) is 2.32. The van der Waals surface area contributed by atoms with Crippen molar-refractivity contribution in [3.63, 3.8) is 0 Å². The summed E-state index contributed by atoms with van der Waals surface area (Å²) < 4.78 is 56.4. The third-order valence-electron chi connectivity index (χ3n) is 2.42. The van der Waals surface area contributed by atoms with Crippen molar-refractivity contribution in [2.75, 3.05) is 26.8 Å². The molecule has 0 saturated heterocycles. The highest BCUT2D eigenvalue weighted by molar-refractivity contribution is 9.10. The van der Waals surface area contributed by atoms with Crippen molar-refractivity contribution in [2.24, 2.45) is 0 Å². The summed E-state index contributed by atoms with van der Waals surface area (Å²) in [6.07, 6.45) is 0. The third kappa shape index (κ3) is 4.43. The molecule has 118 valence electrons. The van der Waals surface area contributed by atoms with Crippen LogP contribution in [-0.4, -0.2) is 50.6 Å². The zero-order valence-electron chi connectivity index (χ0n) is 10.8. The molecule has 0 aromatic heterocycles. The molecule has 0 unspecified atom stereocenters. The summed E-state index contributed by atoms with van der Waals surface area (Å²) in [5.41, 5.74) is 0. The number of halogens is 3. The first-order valence-electron chi connectivity index (χ1n) is 5.55. The molecular weight excluding hydrogens is 376 g/mol. The number of benzene rings is 1. The van der Waals surface area contributed by atoms with Gasteiger partial charge in [-0.3, -0.25) is 4.79 Å². The van der Waals surface area contributed by atoms with Gasteiger partial charge in [0.05, 0.1) is 6.61 Å². The summed E-state index contributed by atoms with van der Waals surface area (Å²) in [6.45, 7) is -1.23. The number of rotatable bonds is 7. The summed E-state index contributed by atoms with van der Waals surface area (Å²) in [6, 6.07) is 1.19. The van der Waals surface area contributed by atoms with Gasteiger partial charge in [-0.1, -0.05) is 0 Å². The number of carbonyl (C=O) groups is 1. The molecule has 21 heavy (non-hydrogen) atoms. The summed E-state index contributed by atoms with van der Waals surface area (Å²) in [5, 5.41) is 8.76. The minimum absolute atomic E-state index is 0.0764. The van der Waals surface area contributed by atoms with Crippen molar-refractivity contribution < 1.29 is 31.8 Å². The van der Waals surface area contributed by atoms with Crippen molar-refractivity contribution >= 4 is 31.9 Å². The number of aliphatic carboxylic acids is 1. The van der Waals surface area contributed by atoms with Crippen molar-refractivity contribution in [3.8, 4) is 0 Å². The fourth-order valence-electron chi connectivity index (χ4n) is 1.53. The lowest BCUT2D eigenvalue weighted by Crippen LogP contribution is -2.38. The highest BCUT2D eigenvalue weighted by Crippen LogP contribution is 2.28. The molecule has 0 aliphatic rings. The predicted molar refractivity (Wildman–Crippen MR) is 72.3 cm³/mol. The number of sulfonamides is 1. The van der Waals surface area contributed by atoms with Crippen LogP contribution in [0.1, 0.15) is 0 Å². The Morgan fingerprint density at radius 2 is 2.05 bits per heavy atom. The smallest absolute Gasteiger partial charge is 0.318 e. The summed E-state index contributed by atoms with van der Waals surface area (Å²) >= 11 is 2.77. The SMILES string of the molecule is COCCN(CC(=O)O)S(=O)(=O)c1c(F)cc(F)cc1Br. The topological polar surface area (TPSA) is 83.9 Å². The molecule has 1 rings (SSSR count). The lowest BCUT2D eigenvalue weighted by molar-refractivity contribution is -0.137. The van der Waals surface area contributed by atoms with Crippen molar-refractivity contribution in [3.05, 3.63) is 28.2 Å². The maximum Gasteiger partial charge on any atom is 0.318 e. The van der Waals surface area contributed by atoms with E-state index >= 15 is 0 Å². The van der Waals surface area contributed by atoms with Gasteiger partial charge >= 0.3 is 5.97 Å². The first-order valence-corrected chi connectivity index (χ1v) is 7.79. The maximum absolute atomic E-state index is 13.8. The Morgan fingerprint density at radius 1 is 1.43 bits per heavy atom. The van der Waals surface area contributed by atoms with Crippen LogP contribution in [0.4, 0.5) is 8.78 Å². The standard InChI is InChI=1S/C11H12BrF2NO5S/c1-20-3-2-15(6-10(16)17)21(18,19)11-8(12)4-7(13)5-9(11)14/h4-5H,2-3,6H2,1H3,(H,16,17). The van der Waals surface area contributed by atoms with Crippen LogP contribution in [-0.2, 0) is 19.6 Å². The molecule has 6 nitrogen and oxygen atoms in total. The molecule has 0 bridgehead atoms. The van der Waals surface area contributed by atoms with E-state index in [0.717, 1.165) is 6.07 Å². The maximum atomic E-state index is 13.8. The molecular formula is C11H12BrF2NO5S. The van der Waals surface area contributed by atoms with Crippen LogP contribution in [0.2, 0.25) is 0 Å². The van der Waals surface area contributed by atoms with Crippen LogP contribution >= 0.6 is 15.9 Å². The van der Waals surface area contributed by atoms with Gasteiger partial charge in [-0.05, 0) is 22.0 Å². The van der Waals surface area contributed by atoms with Gasteiger partial charge in [0, 0.05) is 24.2 Å². The Hall–Kier alpha value is -1.10. The fraction of sp³-hybridized carbons (Fsp3) is 0.364. The monoisotopic (exact) mass is 387 g/mol. The third-order valence-corrected chi connectivity index (χ3v) is 5.23. The normalized spacial score (nSPS) is 11.9. The molecule has 0 aliphatic carbocycles. The van der Waals surface area contributed by atoms with Gasteiger partial charge < -0.3 is 9.84 Å². The quantitative estimate of drug-likeness (QED) is 0.765. The highest BCUT2D eigenvalue weighted by atomic mass is 79.9. The number of hydrogen-bond donors (Lipinski definition) is 1. The molecule has 0 fully saturated rings. The van der Waals surface area contributed by atoms with Gasteiger partial charge in [0.1, 0.15) is 23.1 Å². The van der Waals surface area contributed by atoms with E-state index in [1.165, 1.54) is 7.11 Å².